The summed E-state index contributed by atoms with van der Waals surface area (Å²) in [5, 5.41) is 10.6. The molecule has 1 saturated heterocycles. The third kappa shape index (κ3) is 3.18. The fourth-order valence-corrected chi connectivity index (χ4v) is 2.45. The van der Waals surface area contributed by atoms with Crippen LogP contribution in [0.2, 0.25) is 0 Å². The molecule has 7 nitrogen and oxygen atoms in total. The van der Waals surface area contributed by atoms with Gasteiger partial charge in [0.15, 0.2) is 0 Å². The molecule has 0 aromatic heterocycles. The summed E-state index contributed by atoms with van der Waals surface area (Å²) in [5.74, 6) is -0.732. The highest BCUT2D eigenvalue weighted by Crippen LogP contribution is 2.21. The van der Waals surface area contributed by atoms with Crippen molar-refractivity contribution >= 4 is 17.6 Å². The van der Waals surface area contributed by atoms with Crippen molar-refractivity contribution in [2.75, 3.05) is 13.7 Å². The fourth-order valence-electron chi connectivity index (χ4n) is 2.45. The molecule has 0 saturated carbocycles. The monoisotopic (exact) mass is 292 g/mol. The molecule has 7 heteroatoms. The molecule has 112 valence electrons. The van der Waals surface area contributed by atoms with Gasteiger partial charge in [0.1, 0.15) is 6.04 Å². The SMILES string of the molecule is COC(=O)[C@H]1CCCCN1C(=O)c1ccc([N+](=O)[O-])cc1. The highest BCUT2D eigenvalue weighted by atomic mass is 16.6. The highest BCUT2D eigenvalue weighted by Gasteiger charge is 2.33. The Morgan fingerprint density at radius 3 is 2.52 bits per heavy atom. The van der Waals surface area contributed by atoms with E-state index in [1.54, 1.807) is 0 Å². The van der Waals surface area contributed by atoms with Gasteiger partial charge in [-0.25, -0.2) is 4.79 Å². The molecule has 0 aliphatic carbocycles. The summed E-state index contributed by atoms with van der Waals surface area (Å²) >= 11 is 0. The summed E-state index contributed by atoms with van der Waals surface area (Å²) in [5.41, 5.74) is 0.256. The number of non-ortho nitro benzene ring substituents is 1. The molecule has 0 bridgehead atoms. The number of carbonyl (C=O) groups is 2. The van der Waals surface area contributed by atoms with Crippen LogP contribution in [0.1, 0.15) is 29.6 Å². The van der Waals surface area contributed by atoms with Gasteiger partial charge in [0, 0.05) is 24.2 Å². The van der Waals surface area contributed by atoms with Gasteiger partial charge in [-0.2, -0.15) is 0 Å². The van der Waals surface area contributed by atoms with E-state index in [0.29, 0.717) is 18.5 Å². The lowest BCUT2D eigenvalue weighted by Gasteiger charge is -2.33. The van der Waals surface area contributed by atoms with Crippen LogP contribution in [0, 0.1) is 10.1 Å². The fraction of sp³-hybridized carbons (Fsp3) is 0.429. The van der Waals surface area contributed by atoms with E-state index in [1.165, 1.54) is 36.3 Å². The van der Waals surface area contributed by atoms with Crippen LogP contribution in [0.15, 0.2) is 24.3 Å². The van der Waals surface area contributed by atoms with Crippen LogP contribution in [0.5, 0.6) is 0 Å². The molecular weight excluding hydrogens is 276 g/mol. The van der Waals surface area contributed by atoms with E-state index in [0.717, 1.165) is 12.8 Å². The maximum absolute atomic E-state index is 12.5. The Kier molecular flexibility index (Phi) is 4.52. The van der Waals surface area contributed by atoms with Gasteiger partial charge in [0.25, 0.3) is 11.6 Å². The van der Waals surface area contributed by atoms with Crippen LogP contribution in [-0.4, -0.2) is 41.4 Å². The van der Waals surface area contributed by atoms with E-state index in [4.69, 9.17) is 4.74 Å². The number of ether oxygens (including phenoxy) is 1. The molecule has 0 radical (unpaired) electrons. The quantitative estimate of drug-likeness (QED) is 0.481. The lowest BCUT2D eigenvalue weighted by molar-refractivity contribution is -0.384. The molecule has 0 N–H and O–H groups in total. The molecule has 0 unspecified atom stereocenters. The van der Waals surface area contributed by atoms with Crippen LogP contribution in [0.25, 0.3) is 0 Å². The van der Waals surface area contributed by atoms with Gasteiger partial charge in [-0.3, -0.25) is 14.9 Å². The summed E-state index contributed by atoms with van der Waals surface area (Å²) in [7, 11) is 1.30. The van der Waals surface area contributed by atoms with E-state index in [2.05, 4.69) is 0 Å². The molecule has 1 heterocycles. The van der Waals surface area contributed by atoms with Crippen molar-refractivity contribution in [3.05, 3.63) is 39.9 Å². The standard InChI is InChI=1S/C14H16N2O5/c1-21-14(18)12-4-2-3-9-15(12)13(17)10-5-7-11(8-6-10)16(19)20/h5-8,12H,2-4,9H2,1H3/t12-/m1/s1. The minimum absolute atomic E-state index is 0.0743. The van der Waals surface area contributed by atoms with Crippen molar-refractivity contribution in [3.8, 4) is 0 Å². The molecular formula is C14H16N2O5. The number of methoxy groups -OCH3 is 1. The third-order valence-corrected chi connectivity index (χ3v) is 3.56. The second kappa shape index (κ2) is 6.34. The zero-order valence-corrected chi connectivity index (χ0v) is 11.7. The number of piperidine rings is 1. The number of rotatable bonds is 3. The first kappa shape index (κ1) is 15.0. The highest BCUT2D eigenvalue weighted by molar-refractivity contribution is 5.97. The summed E-state index contributed by atoms with van der Waals surface area (Å²) in [6.45, 7) is 0.482. The molecule has 21 heavy (non-hydrogen) atoms. The normalized spacial score (nSPS) is 18.1. The van der Waals surface area contributed by atoms with Gasteiger partial charge in [0.05, 0.1) is 12.0 Å². The number of esters is 1. The predicted octanol–water partition coefficient (Wildman–Crippen LogP) is 1.76. The molecule has 1 fully saturated rings. The smallest absolute Gasteiger partial charge is 0.328 e. The Balaban J connectivity index is 2.20. The second-order valence-corrected chi connectivity index (χ2v) is 4.84. The number of carbonyl (C=O) groups excluding carboxylic acids is 2. The molecule has 1 aliphatic rings. The largest absolute Gasteiger partial charge is 0.467 e. The Morgan fingerprint density at radius 1 is 1.29 bits per heavy atom. The van der Waals surface area contributed by atoms with E-state index in [9.17, 15) is 19.7 Å². The first-order valence-corrected chi connectivity index (χ1v) is 6.68. The number of hydrogen-bond acceptors (Lipinski definition) is 5. The molecule has 0 spiro atoms. The minimum atomic E-state index is -0.577. The van der Waals surface area contributed by atoms with E-state index >= 15 is 0 Å². The molecule has 1 amide bonds. The number of nitro groups is 1. The first-order valence-electron chi connectivity index (χ1n) is 6.68. The summed E-state index contributed by atoms with van der Waals surface area (Å²) < 4.78 is 4.73. The summed E-state index contributed by atoms with van der Waals surface area (Å²) in [4.78, 5) is 35.8. The van der Waals surface area contributed by atoms with Crippen molar-refractivity contribution < 1.29 is 19.2 Å². The molecule has 2 rings (SSSR count). The Hall–Kier alpha value is -2.44. The first-order chi connectivity index (χ1) is 10.0. The number of nitrogens with zero attached hydrogens (tertiary/aromatic N) is 2. The lowest BCUT2D eigenvalue weighted by Crippen LogP contribution is -2.48. The molecule has 1 atom stereocenters. The van der Waals surface area contributed by atoms with Gasteiger partial charge in [-0.05, 0) is 31.4 Å². The van der Waals surface area contributed by atoms with Crippen LogP contribution in [0.3, 0.4) is 0 Å². The number of amides is 1. The summed E-state index contributed by atoms with van der Waals surface area (Å²) in [6, 6.07) is 4.80. The average Bonchev–Trinajstić information content (AvgIpc) is 2.53. The van der Waals surface area contributed by atoms with E-state index < -0.39 is 16.9 Å². The van der Waals surface area contributed by atoms with Gasteiger partial charge < -0.3 is 9.64 Å². The van der Waals surface area contributed by atoms with Crippen molar-refractivity contribution in [1.29, 1.82) is 0 Å². The molecule has 1 aliphatic heterocycles. The number of likely N-dealkylation sites (tertiary alicyclic amines) is 1. The summed E-state index contributed by atoms with van der Waals surface area (Å²) in [6.07, 6.45) is 2.27. The van der Waals surface area contributed by atoms with Gasteiger partial charge in [0.2, 0.25) is 0 Å². The van der Waals surface area contributed by atoms with Crippen molar-refractivity contribution in [3.63, 3.8) is 0 Å². The van der Waals surface area contributed by atoms with Crippen LogP contribution in [0.4, 0.5) is 5.69 Å². The van der Waals surface area contributed by atoms with E-state index in [-0.39, 0.29) is 11.6 Å². The number of hydrogen-bond donors (Lipinski definition) is 0. The van der Waals surface area contributed by atoms with E-state index in [1.807, 2.05) is 0 Å². The second-order valence-electron chi connectivity index (χ2n) is 4.84. The Labute approximate surface area is 121 Å². The van der Waals surface area contributed by atoms with Crippen LogP contribution in [-0.2, 0) is 9.53 Å². The van der Waals surface area contributed by atoms with Crippen molar-refractivity contribution in [2.45, 2.75) is 25.3 Å². The average molecular weight is 292 g/mol. The number of nitro benzene ring substituents is 1. The lowest BCUT2D eigenvalue weighted by atomic mass is 10.0. The number of benzene rings is 1. The zero-order valence-electron chi connectivity index (χ0n) is 11.7. The zero-order chi connectivity index (χ0) is 15.4. The molecule has 1 aromatic rings. The predicted molar refractivity (Wildman–Crippen MR) is 73.8 cm³/mol. The minimum Gasteiger partial charge on any atom is -0.467 e. The third-order valence-electron chi connectivity index (χ3n) is 3.56. The topological polar surface area (TPSA) is 89.8 Å². The van der Waals surface area contributed by atoms with Gasteiger partial charge in [-0.15, -0.1) is 0 Å². The van der Waals surface area contributed by atoms with Crippen LogP contribution < -0.4 is 0 Å². The van der Waals surface area contributed by atoms with Gasteiger partial charge in [-0.1, -0.05) is 0 Å². The van der Waals surface area contributed by atoms with Crippen molar-refractivity contribution in [1.82, 2.24) is 4.90 Å². The maximum atomic E-state index is 12.5. The van der Waals surface area contributed by atoms with Crippen molar-refractivity contribution in [2.24, 2.45) is 0 Å². The van der Waals surface area contributed by atoms with Crippen LogP contribution >= 0.6 is 0 Å². The maximum Gasteiger partial charge on any atom is 0.328 e. The van der Waals surface area contributed by atoms with Gasteiger partial charge >= 0.3 is 5.97 Å². The molecule has 1 aromatic carbocycles. The Bertz CT molecular complexity index is 555. The Morgan fingerprint density at radius 2 is 1.95 bits per heavy atom.